The van der Waals surface area contributed by atoms with Gasteiger partial charge in [-0.1, -0.05) is 0 Å². The molecule has 62 valence electrons. The Morgan fingerprint density at radius 3 is 3.25 bits per heavy atom. The number of fused-ring (bicyclic) bond motifs is 1. The van der Waals surface area contributed by atoms with Crippen LogP contribution < -0.4 is 0 Å². The van der Waals surface area contributed by atoms with Crippen LogP contribution in [0.25, 0.3) is 10.2 Å². The van der Waals surface area contributed by atoms with Gasteiger partial charge in [0.25, 0.3) is 0 Å². The zero-order valence-electron chi connectivity index (χ0n) is 6.85. The highest BCUT2D eigenvalue weighted by atomic mass is 32.2. The molecular formula is C7H5NO2S2. The molecule has 0 radical (unpaired) electrons. The normalized spacial score (nSPS) is 14.6. The van der Waals surface area contributed by atoms with Crippen molar-refractivity contribution >= 4 is 32.6 Å². The molecule has 1 aromatic carbocycles. The molecule has 1 N–H and O–H groups in total. The van der Waals surface area contributed by atoms with Crippen molar-refractivity contribution in [2.24, 2.45) is 0 Å². The molecule has 2 aromatic rings. The molecule has 1 heterocycles. The predicted molar refractivity (Wildman–Crippen MR) is 48.7 cm³/mol. The Balaban J connectivity index is 2.67. The zero-order chi connectivity index (χ0) is 9.42. The van der Waals surface area contributed by atoms with E-state index in [9.17, 15) is 4.21 Å². The van der Waals surface area contributed by atoms with Gasteiger partial charge in [0.2, 0.25) is 0 Å². The predicted octanol–water partition coefficient (Wildman–Crippen LogP) is 1.88. The fraction of sp³-hybridized carbons (Fsp3) is 0. The van der Waals surface area contributed by atoms with Gasteiger partial charge in [0.1, 0.15) is 0 Å². The Kier molecular flexibility index (Phi) is 1.64. The van der Waals surface area contributed by atoms with Crippen molar-refractivity contribution in [2.75, 3.05) is 0 Å². The summed E-state index contributed by atoms with van der Waals surface area (Å²) in [5, 5.41) is 0. The Hall–Kier alpha value is -0.780. The lowest BCUT2D eigenvalue weighted by Gasteiger charge is -1.92. The number of nitrogens with zero attached hydrogens (tertiary/aromatic N) is 1. The Labute approximate surface area is 76.8 Å². The van der Waals surface area contributed by atoms with Crippen LogP contribution in [0.3, 0.4) is 0 Å². The van der Waals surface area contributed by atoms with Crippen molar-refractivity contribution in [3.05, 3.63) is 23.7 Å². The average Bonchev–Trinajstić information content (AvgIpc) is 2.42. The molecule has 0 amide bonds. The lowest BCUT2D eigenvalue weighted by Crippen LogP contribution is -1.86. The molecule has 1 atom stereocenters. The molecule has 1 unspecified atom stereocenters. The first-order valence-corrected chi connectivity index (χ1v) is 5.07. The van der Waals surface area contributed by atoms with Crippen LogP contribution in [-0.2, 0) is 11.1 Å². The molecule has 0 aliphatic heterocycles. The SMILES string of the molecule is [2H]c1nc2ccc(S(=O)O)cc2s1. The minimum atomic E-state index is -1.96. The van der Waals surface area contributed by atoms with Crippen molar-refractivity contribution in [3.63, 3.8) is 0 Å². The van der Waals surface area contributed by atoms with Gasteiger partial charge >= 0.3 is 0 Å². The molecule has 5 heteroatoms. The standard InChI is InChI=1S/C7H5NO2S2/c9-12(10)5-1-2-6-7(3-5)11-4-8-6/h1-4H,(H,9,10)/i4D. The molecule has 12 heavy (non-hydrogen) atoms. The van der Waals surface area contributed by atoms with E-state index in [-0.39, 0.29) is 5.49 Å². The van der Waals surface area contributed by atoms with Crippen LogP contribution in [0.2, 0.25) is 0 Å². The smallest absolute Gasteiger partial charge is 0.186 e. The van der Waals surface area contributed by atoms with Gasteiger partial charge in [-0.25, -0.2) is 9.19 Å². The van der Waals surface area contributed by atoms with Crippen molar-refractivity contribution in [2.45, 2.75) is 4.90 Å². The van der Waals surface area contributed by atoms with Crippen molar-refractivity contribution < 1.29 is 10.1 Å². The first-order valence-electron chi connectivity index (χ1n) is 3.65. The van der Waals surface area contributed by atoms with Crippen molar-refractivity contribution in [1.82, 2.24) is 4.98 Å². The molecule has 3 nitrogen and oxygen atoms in total. The van der Waals surface area contributed by atoms with Gasteiger partial charge in [0, 0.05) is 0 Å². The Morgan fingerprint density at radius 2 is 2.50 bits per heavy atom. The summed E-state index contributed by atoms with van der Waals surface area (Å²) in [6.07, 6.45) is 0. The van der Waals surface area contributed by atoms with Crippen LogP contribution in [0.5, 0.6) is 0 Å². The summed E-state index contributed by atoms with van der Waals surface area (Å²) in [7, 11) is 0. The topological polar surface area (TPSA) is 50.2 Å². The third kappa shape index (κ3) is 1.26. The van der Waals surface area contributed by atoms with Crippen LogP contribution >= 0.6 is 11.3 Å². The zero-order valence-corrected chi connectivity index (χ0v) is 7.48. The number of benzene rings is 1. The highest BCUT2D eigenvalue weighted by molar-refractivity contribution is 7.79. The van der Waals surface area contributed by atoms with Gasteiger partial charge in [0.15, 0.2) is 11.1 Å². The number of aromatic nitrogens is 1. The lowest BCUT2D eigenvalue weighted by molar-refractivity contribution is 0.564. The second-order valence-electron chi connectivity index (χ2n) is 2.18. The second-order valence-corrected chi connectivity index (χ2v) is 3.98. The molecular weight excluding hydrogens is 194 g/mol. The first-order chi connectivity index (χ1) is 6.16. The lowest BCUT2D eigenvalue weighted by atomic mass is 10.3. The molecule has 2 rings (SSSR count). The minimum absolute atomic E-state index is 0.218. The third-order valence-electron chi connectivity index (χ3n) is 1.45. The van der Waals surface area contributed by atoms with Gasteiger partial charge in [-0.2, -0.15) is 0 Å². The molecule has 0 saturated carbocycles. The third-order valence-corrected chi connectivity index (χ3v) is 2.84. The number of thiazole rings is 1. The van der Waals surface area contributed by atoms with Gasteiger partial charge in [0.05, 0.1) is 22.0 Å². The van der Waals surface area contributed by atoms with E-state index in [1.165, 1.54) is 17.4 Å². The van der Waals surface area contributed by atoms with Crippen LogP contribution in [0.1, 0.15) is 1.37 Å². The molecule has 0 spiro atoms. The molecule has 0 bridgehead atoms. The fourth-order valence-corrected chi connectivity index (χ4v) is 2.02. The second kappa shape index (κ2) is 2.93. The minimum Gasteiger partial charge on any atom is -0.302 e. The van der Waals surface area contributed by atoms with E-state index in [1.54, 1.807) is 12.1 Å². The molecule has 0 saturated heterocycles. The molecule has 0 fully saturated rings. The van der Waals surface area contributed by atoms with E-state index in [2.05, 4.69) is 4.98 Å². The largest absolute Gasteiger partial charge is 0.302 e. The van der Waals surface area contributed by atoms with E-state index in [1.807, 2.05) is 0 Å². The highest BCUT2D eigenvalue weighted by Gasteiger charge is 2.02. The fourth-order valence-electron chi connectivity index (χ4n) is 0.898. The van der Waals surface area contributed by atoms with Crippen LogP contribution in [0.15, 0.2) is 28.6 Å². The van der Waals surface area contributed by atoms with E-state index < -0.39 is 11.1 Å². The van der Waals surface area contributed by atoms with Crippen molar-refractivity contribution in [3.8, 4) is 0 Å². The monoisotopic (exact) mass is 200 g/mol. The number of hydrogen-bond donors (Lipinski definition) is 1. The average molecular weight is 200 g/mol. The maximum absolute atomic E-state index is 10.7. The Bertz CT molecular complexity index is 482. The van der Waals surface area contributed by atoms with Crippen LogP contribution in [0.4, 0.5) is 0 Å². The summed E-state index contributed by atoms with van der Waals surface area (Å²) >= 11 is -0.764. The summed E-state index contributed by atoms with van der Waals surface area (Å²) in [4.78, 5) is 4.26. The maximum Gasteiger partial charge on any atom is 0.186 e. The van der Waals surface area contributed by atoms with Crippen LogP contribution in [-0.4, -0.2) is 13.7 Å². The quantitative estimate of drug-likeness (QED) is 0.715. The Morgan fingerprint density at radius 1 is 1.67 bits per heavy atom. The van der Waals surface area contributed by atoms with E-state index in [4.69, 9.17) is 5.92 Å². The maximum atomic E-state index is 10.7. The molecule has 1 aromatic heterocycles. The number of hydrogen-bond acceptors (Lipinski definition) is 3. The first kappa shape index (κ1) is 6.71. The van der Waals surface area contributed by atoms with Crippen molar-refractivity contribution in [1.29, 1.82) is 0 Å². The summed E-state index contributed by atoms with van der Waals surface area (Å²) in [6.45, 7) is 0. The summed E-state index contributed by atoms with van der Waals surface area (Å²) in [6, 6.07) is 4.77. The van der Waals surface area contributed by atoms with E-state index in [0.717, 1.165) is 4.70 Å². The van der Waals surface area contributed by atoms with Gasteiger partial charge in [-0.3, -0.25) is 0 Å². The summed E-state index contributed by atoms with van der Waals surface area (Å²) in [5.74, 6) is 0. The van der Waals surface area contributed by atoms with Gasteiger partial charge in [-0.15, -0.1) is 11.3 Å². The van der Waals surface area contributed by atoms with Gasteiger partial charge in [-0.05, 0) is 18.2 Å². The summed E-state index contributed by atoms with van der Waals surface area (Å²) in [5.41, 5.74) is 0.917. The van der Waals surface area contributed by atoms with Gasteiger partial charge < -0.3 is 4.55 Å². The number of rotatable bonds is 1. The summed E-state index contributed by atoms with van der Waals surface area (Å²) < 4.78 is 27.5. The highest BCUT2D eigenvalue weighted by Crippen LogP contribution is 2.20. The van der Waals surface area contributed by atoms with E-state index >= 15 is 0 Å². The molecule has 0 aliphatic rings. The van der Waals surface area contributed by atoms with Crippen LogP contribution in [0, 0.1) is 0 Å². The molecule has 0 aliphatic carbocycles. The van der Waals surface area contributed by atoms with E-state index in [0.29, 0.717) is 10.4 Å².